The molecule has 4 fully saturated rings. The molecule has 2 aliphatic carbocycles. The van der Waals surface area contributed by atoms with E-state index in [9.17, 15) is 9.59 Å². The van der Waals surface area contributed by atoms with Crippen molar-refractivity contribution >= 4 is 11.9 Å². The van der Waals surface area contributed by atoms with Gasteiger partial charge in [0.1, 0.15) is 12.2 Å². The lowest BCUT2D eigenvalue weighted by atomic mass is 9.75. The van der Waals surface area contributed by atoms with E-state index in [0.29, 0.717) is 37.8 Å². The molecule has 242 valence electrons. The first-order valence-corrected chi connectivity index (χ1v) is 17.6. The summed E-state index contributed by atoms with van der Waals surface area (Å²) in [4.78, 5) is 31.1. The largest absolute Gasteiger partial charge is 0.462 e. The molecule has 0 bridgehead atoms. The normalized spacial score (nSPS) is 27.9. The molecule has 0 aromatic heterocycles. The lowest BCUT2D eigenvalue weighted by Crippen LogP contribution is -2.65. The van der Waals surface area contributed by atoms with Crippen LogP contribution >= 0.6 is 0 Å². The summed E-state index contributed by atoms with van der Waals surface area (Å²) in [5, 5.41) is 0. The van der Waals surface area contributed by atoms with Crippen LogP contribution in [0.2, 0.25) is 0 Å². The van der Waals surface area contributed by atoms with Crippen molar-refractivity contribution in [3.8, 4) is 0 Å². The van der Waals surface area contributed by atoms with Gasteiger partial charge in [-0.25, -0.2) is 0 Å². The van der Waals surface area contributed by atoms with E-state index in [4.69, 9.17) is 9.47 Å². The molecule has 0 aromatic rings. The third-order valence-electron chi connectivity index (χ3n) is 11.0. The lowest BCUT2D eigenvalue weighted by molar-refractivity contribution is -0.167. The average Bonchev–Trinajstić information content (AvgIpc) is 2.85. The van der Waals surface area contributed by atoms with Crippen LogP contribution in [0.25, 0.3) is 0 Å². The van der Waals surface area contributed by atoms with Gasteiger partial charge in [0, 0.05) is 72.8 Å². The van der Waals surface area contributed by atoms with Crippen molar-refractivity contribution in [1.29, 1.82) is 0 Å². The summed E-state index contributed by atoms with van der Waals surface area (Å²) < 4.78 is 12.1. The monoisotopic (exact) mass is 588 g/mol. The van der Waals surface area contributed by atoms with Crippen LogP contribution in [0.4, 0.5) is 0 Å². The van der Waals surface area contributed by atoms with Crippen molar-refractivity contribution in [3.63, 3.8) is 0 Å². The van der Waals surface area contributed by atoms with Crippen molar-refractivity contribution in [1.82, 2.24) is 9.80 Å². The number of carbonyl (C=O) groups is 2. The van der Waals surface area contributed by atoms with E-state index < -0.39 is 0 Å². The number of unbranched alkanes of at least 4 members (excludes halogenated alkanes) is 1. The molecule has 4 aliphatic rings. The summed E-state index contributed by atoms with van der Waals surface area (Å²) in [5.74, 6) is -0.241. The highest BCUT2D eigenvalue weighted by atomic mass is 16.5. The summed E-state index contributed by atoms with van der Waals surface area (Å²) in [6, 6.07) is 1.28. The van der Waals surface area contributed by atoms with Crippen molar-refractivity contribution in [2.24, 2.45) is 0 Å². The summed E-state index contributed by atoms with van der Waals surface area (Å²) in [6.45, 7) is 18.6. The zero-order chi connectivity index (χ0) is 30.8. The standard InChI is InChI=1S/C36H64N2O4/c1-33(2)23-29(24-34(3,4)37(33)27-17-11-9-12-18-27)41-31(39)21-15-16-22-32(40)42-30-25-35(5,6)38(36(7,8)26-30)28-19-13-10-14-20-28/h27-30H,9-26H2,1-8H3. The van der Waals surface area contributed by atoms with Gasteiger partial charge in [-0.15, -0.1) is 0 Å². The molecular formula is C36H64N2O4. The Kier molecular flexibility index (Phi) is 10.8. The Balaban J connectivity index is 1.18. The van der Waals surface area contributed by atoms with Gasteiger partial charge in [-0.2, -0.15) is 0 Å². The Labute approximate surface area is 258 Å². The number of carbonyl (C=O) groups excluding carboxylic acids is 2. The molecule has 2 heterocycles. The minimum atomic E-state index is -0.121. The fourth-order valence-corrected chi connectivity index (χ4v) is 10.3. The molecule has 6 heteroatoms. The number of esters is 2. The van der Waals surface area contributed by atoms with E-state index in [1.165, 1.54) is 64.2 Å². The minimum Gasteiger partial charge on any atom is -0.462 e. The first-order chi connectivity index (χ1) is 19.6. The number of hydrogen-bond donors (Lipinski definition) is 0. The van der Waals surface area contributed by atoms with Gasteiger partial charge < -0.3 is 9.47 Å². The second kappa shape index (κ2) is 13.5. The highest BCUT2D eigenvalue weighted by molar-refractivity contribution is 5.71. The molecule has 0 unspecified atom stereocenters. The number of likely N-dealkylation sites (tertiary alicyclic amines) is 2. The maximum Gasteiger partial charge on any atom is 0.306 e. The molecule has 2 saturated carbocycles. The highest BCUT2D eigenvalue weighted by Crippen LogP contribution is 2.45. The van der Waals surface area contributed by atoms with Crippen LogP contribution in [0.15, 0.2) is 0 Å². The molecule has 2 aliphatic heterocycles. The van der Waals surface area contributed by atoms with Crippen molar-refractivity contribution < 1.29 is 19.1 Å². The molecule has 0 atom stereocenters. The van der Waals surface area contributed by atoms with Crippen LogP contribution in [0, 0.1) is 0 Å². The fourth-order valence-electron chi connectivity index (χ4n) is 10.3. The number of hydrogen-bond acceptors (Lipinski definition) is 6. The third kappa shape index (κ3) is 8.31. The first-order valence-electron chi connectivity index (χ1n) is 17.6. The minimum absolute atomic E-state index is 0.00808. The molecule has 0 aromatic carbocycles. The maximum absolute atomic E-state index is 12.8. The van der Waals surface area contributed by atoms with Crippen LogP contribution in [-0.2, 0) is 19.1 Å². The summed E-state index contributed by atoms with van der Waals surface area (Å²) in [7, 11) is 0. The third-order valence-corrected chi connectivity index (χ3v) is 11.0. The van der Waals surface area contributed by atoms with Crippen LogP contribution in [0.5, 0.6) is 0 Å². The molecular weight excluding hydrogens is 524 g/mol. The molecule has 4 rings (SSSR count). The van der Waals surface area contributed by atoms with Gasteiger partial charge in [0.25, 0.3) is 0 Å². The molecule has 0 N–H and O–H groups in total. The Morgan fingerprint density at radius 3 is 1.10 bits per heavy atom. The fraction of sp³-hybridized carbons (Fsp3) is 0.944. The van der Waals surface area contributed by atoms with Gasteiger partial charge in [-0.3, -0.25) is 19.4 Å². The van der Waals surface area contributed by atoms with Gasteiger partial charge in [0.15, 0.2) is 0 Å². The van der Waals surface area contributed by atoms with Crippen molar-refractivity contribution in [2.45, 2.75) is 217 Å². The molecule has 0 spiro atoms. The molecule has 0 amide bonds. The van der Waals surface area contributed by atoms with Crippen molar-refractivity contribution in [2.75, 3.05) is 0 Å². The van der Waals surface area contributed by atoms with E-state index in [2.05, 4.69) is 65.2 Å². The topological polar surface area (TPSA) is 59.1 Å². The van der Waals surface area contributed by atoms with Crippen LogP contribution in [0.3, 0.4) is 0 Å². The predicted octanol–water partition coefficient (Wildman–Crippen LogP) is 8.34. The van der Waals surface area contributed by atoms with Crippen molar-refractivity contribution in [3.05, 3.63) is 0 Å². The maximum atomic E-state index is 12.8. The average molecular weight is 589 g/mol. The van der Waals surface area contributed by atoms with E-state index in [-0.39, 0.29) is 46.3 Å². The van der Waals surface area contributed by atoms with Crippen LogP contribution in [0.1, 0.15) is 171 Å². The van der Waals surface area contributed by atoms with Crippen LogP contribution < -0.4 is 0 Å². The van der Waals surface area contributed by atoms with Gasteiger partial charge in [-0.1, -0.05) is 38.5 Å². The predicted molar refractivity (Wildman–Crippen MR) is 170 cm³/mol. The van der Waals surface area contributed by atoms with E-state index in [1.807, 2.05) is 0 Å². The second-order valence-corrected chi connectivity index (χ2v) is 16.8. The number of ether oxygens (including phenoxy) is 2. The second-order valence-electron chi connectivity index (χ2n) is 16.8. The summed E-state index contributed by atoms with van der Waals surface area (Å²) in [6.07, 6.45) is 18.7. The zero-order valence-electron chi connectivity index (χ0n) is 28.6. The number of nitrogens with zero attached hydrogens (tertiary/aromatic N) is 2. The smallest absolute Gasteiger partial charge is 0.306 e. The highest BCUT2D eigenvalue weighted by Gasteiger charge is 2.50. The summed E-state index contributed by atoms with van der Waals surface area (Å²) >= 11 is 0. The van der Waals surface area contributed by atoms with E-state index in [0.717, 1.165) is 25.7 Å². The van der Waals surface area contributed by atoms with Gasteiger partial charge in [-0.05, 0) is 93.9 Å². The number of rotatable bonds is 9. The quantitative estimate of drug-likeness (QED) is 0.199. The van der Waals surface area contributed by atoms with Gasteiger partial charge in [0.05, 0.1) is 0 Å². The molecule has 2 saturated heterocycles. The van der Waals surface area contributed by atoms with Gasteiger partial charge >= 0.3 is 11.9 Å². The molecule has 6 nitrogen and oxygen atoms in total. The first kappa shape index (κ1) is 33.7. The summed E-state index contributed by atoms with van der Waals surface area (Å²) in [5.41, 5.74) is 0.0323. The SMILES string of the molecule is CC1(C)CC(OC(=O)CCCCC(=O)OC2CC(C)(C)N(C3CCCCC3)C(C)(C)C2)CC(C)(C)N1C1CCCCC1. The van der Waals surface area contributed by atoms with E-state index >= 15 is 0 Å². The van der Waals surface area contributed by atoms with Gasteiger partial charge in [0.2, 0.25) is 0 Å². The lowest BCUT2D eigenvalue weighted by Gasteiger charge is -2.58. The Morgan fingerprint density at radius 2 is 0.810 bits per heavy atom. The number of piperidine rings is 2. The Bertz CT molecular complexity index is 803. The van der Waals surface area contributed by atoms with Crippen LogP contribution in [-0.4, -0.2) is 68.2 Å². The molecule has 42 heavy (non-hydrogen) atoms. The zero-order valence-corrected chi connectivity index (χ0v) is 28.6. The Morgan fingerprint density at radius 1 is 0.524 bits per heavy atom. The Hall–Kier alpha value is -1.14. The van der Waals surface area contributed by atoms with E-state index in [1.54, 1.807) is 0 Å². The molecule has 0 radical (unpaired) electrons.